The molecule has 0 saturated carbocycles. The van der Waals surface area contributed by atoms with Gasteiger partial charge in [0.05, 0.1) is 0 Å². The van der Waals surface area contributed by atoms with Crippen molar-refractivity contribution in [1.29, 1.82) is 0 Å². The largest absolute Gasteiger partial charge is 0.444 e. The van der Waals surface area contributed by atoms with Gasteiger partial charge in [0.2, 0.25) is 0 Å². The second-order valence-corrected chi connectivity index (χ2v) is 5.76. The molecule has 0 atom stereocenters. The number of rotatable bonds is 4. The van der Waals surface area contributed by atoms with E-state index in [0.29, 0.717) is 0 Å². The summed E-state index contributed by atoms with van der Waals surface area (Å²) < 4.78 is 5.40. The van der Waals surface area contributed by atoms with Crippen LogP contribution in [0.2, 0.25) is 0 Å². The smallest absolute Gasteiger partial charge is 0.410 e. The highest BCUT2D eigenvalue weighted by atomic mass is 16.6. The number of carbonyl (C=O) groups excluding carboxylic acids is 1. The predicted octanol–water partition coefficient (Wildman–Crippen LogP) is 2.55. The second-order valence-electron chi connectivity index (χ2n) is 5.76. The number of hydrogen-bond acceptors (Lipinski definition) is 3. The number of nitrogens with zero attached hydrogens (tertiary/aromatic N) is 1. The Labute approximate surface area is 110 Å². The first-order valence-electron chi connectivity index (χ1n) is 6.73. The van der Waals surface area contributed by atoms with Crippen LogP contribution in [0, 0.1) is 0 Å². The topological polar surface area (TPSA) is 41.6 Å². The normalized spacial score (nSPS) is 16.4. The molecule has 1 aliphatic rings. The molecule has 0 aromatic rings. The molecule has 4 nitrogen and oxygen atoms in total. The minimum Gasteiger partial charge on any atom is -0.444 e. The van der Waals surface area contributed by atoms with Gasteiger partial charge < -0.3 is 15.0 Å². The number of carbonyl (C=O) groups is 1. The maximum Gasteiger partial charge on any atom is 0.410 e. The molecule has 0 unspecified atom stereocenters. The van der Waals surface area contributed by atoms with Gasteiger partial charge in [-0.05, 0) is 53.6 Å². The van der Waals surface area contributed by atoms with E-state index in [-0.39, 0.29) is 6.09 Å². The summed E-state index contributed by atoms with van der Waals surface area (Å²) in [7, 11) is 1.96. The third kappa shape index (κ3) is 5.54. The van der Waals surface area contributed by atoms with Crippen LogP contribution in [0.15, 0.2) is 11.6 Å². The van der Waals surface area contributed by atoms with Gasteiger partial charge in [-0.2, -0.15) is 0 Å². The lowest BCUT2D eigenvalue weighted by molar-refractivity contribution is 0.0260. The quantitative estimate of drug-likeness (QED) is 0.619. The Kier molecular flexibility index (Phi) is 5.66. The molecule has 1 aliphatic heterocycles. The molecule has 0 spiro atoms. The van der Waals surface area contributed by atoms with Crippen LogP contribution in [0.3, 0.4) is 0 Å². The molecule has 0 fully saturated rings. The molecule has 0 radical (unpaired) electrons. The van der Waals surface area contributed by atoms with Crippen LogP contribution in [0.4, 0.5) is 4.79 Å². The zero-order chi connectivity index (χ0) is 13.6. The summed E-state index contributed by atoms with van der Waals surface area (Å²) in [6.07, 6.45) is 5.18. The van der Waals surface area contributed by atoms with Gasteiger partial charge in [-0.25, -0.2) is 4.79 Å². The van der Waals surface area contributed by atoms with Crippen LogP contribution in [0.5, 0.6) is 0 Å². The summed E-state index contributed by atoms with van der Waals surface area (Å²) >= 11 is 0. The highest BCUT2D eigenvalue weighted by Crippen LogP contribution is 2.17. The van der Waals surface area contributed by atoms with E-state index in [4.69, 9.17) is 4.74 Å². The van der Waals surface area contributed by atoms with Gasteiger partial charge in [-0.1, -0.05) is 11.6 Å². The fraction of sp³-hybridized carbons (Fsp3) is 0.786. The van der Waals surface area contributed by atoms with Crippen molar-refractivity contribution in [1.82, 2.24) is 10.2 Å². The van der Waals surface area contributed by atoms with E-state index >= 15 is 0 Å². The fourth-order valence-corrected chi connectivity index (χ4v) is 1.97. The lowest BCUT2D eigenvalue weighted by atomic mass is 10.1. The van der Waals surface area contributed by atoms with Crippen LogP contribution in [0.25, 0.3) is 0 Å². The monoisotopic (exact) mass is 254 g/mol. The van der Waals surface area contributed by atoms with Crippen LogP contribution >= 0.6 is 0 Å². The Balaban J connectivity index is 2.41. The minimum absolute atomic E-state index is 0.193. The number of amides is 1. The molecule has 0 saturated heterocycles. The molecule has 4 heteroatoms. The lowest BCUT2D eigenvalue weighted by Gasteiger charge is -2.30. The third-order valence-corrected chi connectivity index (χ3v) is 2.80. The lowest BCUT2D eigenvalue weighted by Crippen LogP contribution is -2.40. The summed E-state index contributed by atoms with van der Waals surface area (Å²) in [6, 6.07) is 0. The Hall–Kier alpha value is -1.03. The number of ether oxygens (including phenoxy) is 1. The van der Waals surface area contributed by atoms with Crippen molar-refractivity contribution >= 4 is 6.09 Å². The van der Waals surface area contributed by atoms with Crippen molar-refractivity contribution in [2.24, 2.45) is 0 Å². The van der Waals surface area contributed by atoms with Crippen molar-refractivity contribution in [3.8, 4) is 0 Å². The molecule has 0 aliphatic carbocycles. The molecule has 1 heterocycles. The maximum absolute atomic E-state index is 12.0. The van der Waals surface area contributed by atoms with Gasteiger partial charge >= 0.3 is 6.09 Å². The first-order chi connectivity index (χ1) is 8.42. The van der Waals surface area contributed by atoms with E-state index in [1.807, 2.05) is 27.8 Å². The van der Waals surface area contributed by atoms with E-state index in [9.17, 15) is 4.79 Å². The molecule has 104 valence electrons. The summed E-state index contributed by atoms with van der Waals surface area (Å²) in [5.74, 6) is 0. The van der Waals surface area contributed by atoms with E-state index < -0.39 is 5.60 Å². The van der Waals surface area contributed by atoms with E-state index in [0.717, 1.165) is 38.9 Å². The minimum atomic E-state index is -0.412. The van der Waals surface area contributed by atoms with Crippen molar-refractivity contribution in [2.75, 3.05) is 26.7 Å². The van der Waals surface area contributed by atoms with Crippen molar-refractivity contribution in [2.45, 2.75) is 45.6 Å². The first-order valence-corrected chi connectivity index (χ1v) is 6.73. The molecule has 1 rings (SSSR count). The first kappa shape index (κ1) is 15.0. The fourth-order valence-electron chi connectivity index (χ4n) is 1.97. The summed E-state index contributed by atoms with van der Waals surface area (Å²) in [5.41, 5.74) is 0.937. The molecule has 1 amide bonds. The molecule has 0 aromatic carbocycles. The summed E-state index contributed by atoms with van der Waals surface area (Å²) in [4.78, 5) is 13.8. The Morgan fingerprint density at radius 3 is 2.83 bits per heavy atom. The predicted molar refractivity (Wildman–Crippen MR) is 73.7 cm³/mol. The molecular formula is C14H26N2O2. The molecule has 18 heavy (non-hydrogen) atoms. The van der Waals surface area contributed by atoms with Gasteiger partial charge in [0.15, 0.2) is 0 Å². The van der Waals surface area contributed by atoms with E-state index in [1.165, 1.54) is 5.57 Å². The molecule has 0 bridgehead atoms. The average Bonchev–Trinajstić information content (AvgIpc) is 2.27. The van der Waals surface area contributed by atoms with Gasteiger partial charge in [-0.3, -0.25) is 0 Å². The Morgan fingerprint density at radius 1 is 1.50 bits per heavy atom. The number of hydrogen-bond donors (Lipinski definition) is 1. The molecule has 0 aromatic heterocycles. The van der Waals surface area contributed by atoms with Crippen LogP contribution < -0.4 is 5.32 Å². The van der Waals surface area contributed by atoms with E-state index in [1.54, 1.807) is 4.90 Å². The van der Waals surface area contributed by atoms with Crippen molar-refractivity contribution in [3.63, 3.8) is 0 Å². The maximum atomic E-state index is 12.0. The molecular weight excluding hydrogens is 228 g/mol. The second kappa shape index (κ2) is 6.78. The highest BCUT2D eigenvalue weighted by Gasteiger charge is 2.23. The zero-order valence-electron chi connectivity index (χ0n) is 12.1. The standard InChI is InChI=1S/C14H26N2O2/c1-14(2,3)18-13(17)16-10-6-8-12(11-16)7-5-9-15-4/h8,15H,5-7,9-11H2,1-4H3. The van der Waals surface area contributed by atoms with Crippen molar-refractivity contribution < 1.29 is 9.53 Å². The SMILES string of the molecule is CNCCCC1=CCCN(C(=O)OC(C)(C)C)C1. The average molecular weight is 254 g/mol. The van der Waals surface area contributed by atoms with Crippen molar-refractivity contribution in [3.05, 3.63) is 11.6 Å². The Morgan fingerprint density at radius 2 is 2.22 bits per heavy atom. The van der Waals surface area contributed by atoms with Crippen LogP contribution in [-0.2, 0) is 4.74 Å². The number of nitrogens with one attached hydrogen (secondary N) is 1. The van der Waals surface area contributed by atoms with Gasteiger partial charge in [0, 0.05) is 13.1 Å². The summed E-state index contributed by atoms with van der Waals surface area (Å²) in [5, 5.41) is 3.14. The van der Waals surface area contributed by atoms with Gasteiger partial charge in [0.25, 0.3) is 0 Å². The Bertz CT molecular complexity index is 305. The van der Waals surface area contributed by atoms with E-state index in [2.05, 4.69) is 11.4 Å². The van der Waals surface area contributed by atoms with Gasteiger partial charge in [-0.15, -0.1) is 0 Å². The van der Waals surface area contributed by atoms with Crippen LogP contribution in [0.1, 0.15) is 40.0 Å². The third-order valence-electron chi connectivity index (χ3n) is 2.80. The zero-order valence-corrected chi connectivity index (χ0v) is 12.1. The van der Waals surface area contributed by atoms with Gasteiger partial charge in [0.1, 0.15) is 5.60 Å². The highest BCUT2D eigenvalue weighted by molar-refractivity contribution is 5.68. The molecule has 1 N–H and O–H groups in total. The van der Waals surface area contributed by atoms with Crippen LogP contribution in [-0.4, -0.2) is 43.3 Å². The summed E-state index contributed by atoms with van der Waals surface area (Å²) in [6.45, 7) is 8.21.